The fourth-order valence-electron chi connectivity index (χ4n) is 2.95. The molecule has 2 aromatic heterocycles. The van der Waals surface area contributed by atoms with E-state index in [1.807, 2.05) is 25.1 Å². The quantitative estimate of drug-likeness (QED) is 0.541. The van der Waals surface area contributed by atoms with Crippen molar-refractivity contribution < 1.29 is 4.39 Å². The van der Waals surface area contributed by atoms with Crippen LogP contribution in [0.25, 0.3) is 22.5 Å². The van der Waals surface area contributed by atoms with Crippen molar-refractivity contribution in [3.8, 4) is 28.6 Å². The zero-order chi connectivity index (χ0) is 20.2. The maximum absolute atomic E-state index is 13.4. The average Bonchev–Trinajstić information content (AvgIpc) is 3.21. The van der Waals surface area contributed by atoms with Crippen LogP contribution in [-0.4, -0.2) is 25.4 Å². The van der Waals surface area contributed by atoms with E-state index in [0.717, 1.165) is 16.8 Å². The Morgan fingerprint density at radius 1 is 1.14 bits per heavy atom. The monoisotopic (exact) mass is 385 g/mol. The Labute approximate surface area is 166 Å². The summed E-state index contributed by atoms with van der Waals surface area (Å²) in [7, 11) is 0. The Kier molecular flexibility index (Phi) is 4.95. The highest BCUT2D eigenvalue weighted by atomic mass is 19.1. The number of rotatable bonds is 5. The van der Waals surface area contributed by atoms with Crippen LogP contribution in [-0.2, 0) is 6.54 Å². The lowest BCUT2D eigenvalue weighted by Crippen LogP contribution is -2.05. The SMILES string of the molecule is Cc1cc(C#N)ccc1-c1cnnc(NCc2cc(-c3cccc(F)c3)n[nH]2)n1. The molecule has 142 valence electrons. The first-order chi connectivity index (χ1) is 14.1. The molecule has 0 fully saturated rings. The number of nitrogens with one attached hydrogen (secondary N) is 2. The third-order valence-corrected chi connectivity index (χ3v) is 4.38. The zero-order valence-corrected chi connectivity index (χ0v) is 15.5. The van der Waals surface area contributed by atoms with E-state index in [1.54, 1.807) is 24.4 Å². The minimum Gasteiger partial charge on any atom is -0.347 e. The molecule has 4 aromatic rings. The van der Waals surface area contributed by atoms with Gasteiger partial charge >= 0.3 is 0 Å². The molecule has 0 atom stereocenters. The molecule has 2 heterocycles. The number of H-pyrrole nitrogens is 1. The van der Waals surface area contributed by atoms with E-state index in [2.05, 4.69) is 36.8 Å². The summed E-state index contributed by atoms with van der Waals surface area (Å²) in [5.74, 6) is 0.0627. The van der Waals surface area contributed by atoms with Crippen LogP contribution in [0.3, 0.4) is 0 Å². The number of anilines is 1. The van der Waals surface area contributed by atoms with Gasteiger partial charge in [0, 0.05) is 11.1 Å². The van der Waals surface area contributed by atoms with E-state index in [4.69, 9.17) is 5.26 Å². The van der Waals surface area contributed by atoms with Gasteiger partial charge in [0.15, 0.2) is 0 Å². The number of nitrogens with zero attached hydrogens (tertiary/aromatic N) is 5. The first kappa shape index (κ1) is 18.3. The highest BCUT2D eigenvalue weighted by Gasteiger charge is 2.09. The molecule has 0 aliphatic rings. The van der Waals surface area contributed by atoms with Gasteiger partial charge in [-0.15, -0.1) is 5.10 Å². The fraction of sp³-hybridized carbons (Fsp3) is 0.0952. The Balaban J connectivity index is 1.49. The smallest absolute Gasteiger partial charge is 0.243 e. The summed E-state index contributed by atoms with van der Waals surface area (Å²) in [4.78, 5) is 4.50. The van der Waals surface area contributed by atoms with Crippen LogP contribution in [0.4, 0.5) is 10.3 Å². The van der Waals surface area contributed by atoms with Gasteiger partial charge in [-0.25, -0.2) is 9.37 Å². The maximum atomic E-state index is 13.4. The minimum atomic E-state index is -0.306. The van der Waals surface area contributed by atoms with Crippen LogP contribution in [0, 0.1) is 24.1 Å². The second-order valence-electron chi connectivity index (χ2n) is 6.45. The van der Waals surface area contributed by atoms with E-state index < -0.39 is 0 Å². The standard InChI is InChI=1S/C21H16FN7/c1-13-7-14(10-23)5-6-18(13)20-12-25-29-21(26-20)24-11-17-9-19(28-27-17)15-3-2-4-16(22)8-15/h2-9,12H,11H2,1H3,(H,27,28)(H,24,26,29). The molecule has 0 radical (unpaired) electrons. The number of benzene rings is 2. The molecule has 0 amide bonds. The Morgan fingerprint density at radius 3 is 2.83 bits per heavy atom. The minimum absolute atomic E-state index is 0.306. The van der Waals surface area contributed by atoms with Crippen LogP contribution in [0.15, 0.2) is 54.7 Å². The summed E-state index contributed by atoms with van der Waals surface area (Å²) < 4.78 is 13.4. The van der Waals surface area contributed by atoms with Crippen LogP contribution in [0.2, 0.25) is 0 Å². The van der Waals surface area contributed by atoms with Crippen LogP contribution in [0.1, 0.15) is 16.8 Å². The van der Waals surface area contributed by atoms with Crippen molar-refractivity contribution in [2.75, 3.05) is 5.32 Å². The normalized spacial score (nSPS) is 10.5. The first-order valence-corrected chi connectivity index (χ1v) is 8.87. The lowest BCUT2D eigenvalue weighted by molar-refractivity contribution is 0.628. The zero-order valence-electron chi connectivity index (χ0n) is 15.5. The van der Waals surface area contributed by atoms with Gasteiger partial charge in [0.1, 0.15) is 5.82 Å². The molecule has 7 nitrogen and oxygen atoms in total. The number of nitriles is 1. The summed E-state index contributed by atoms with van der Waals surface area (Å²) in [5, 5.41) is 27.3. The van der Waals surface area contributed by atoms with Crippen molar-refractivity contribution in [1.82, 2.24) is 25.4 Å². The molecule has 0 bridgehead atoms. The maximum Gasteiger partial charge on any atom is 0.243 e. The molecular formula is C21H16FN7. The van der Waals surface area contributed by atoms with Crippen molar-refractivity contribution in [3.05, 3.63) is 77.4 Å². The molecule has 2 aromatic carbocycles. The number of hydrogen-bond acceptors (Lipinski definition) is 6. The van der Waals surface area contributed by atoms with Crippen molar-refractivity contribution in [3.63, 3.8) is 0 Å². The Bertz CT molecular complexity index is 1210. The van der Waals surface area contributed by atoms with Crippen molar-refractivity contribution >= 4 is 5.95 Å². The number of aromatic amines is 1. The second-order valence-corrected chi connectivity index (χ2v) is 6.45. The molecule has 4 rings (SSSR count). The van der Waals surface area contributed by atoms with Gasteiger partial charge in [0.25, 0.3) is 0 Å². The summed E-state index contributed by atoms with van der Waals surface area (Å²) in [5.41, 5.74) is 5.23. The summed E-state index contributed by atoms with van der Waals surface area (Å²) in [6.45, 7) is 2.32. The molecule has 0 unspecified atom stereocenters. The summed E-state index contributed by atoms with van der Waals surface area (Å²) in [6, 6.07) is 15.6. The molecule has 0 saturated heterocycles. The molecule has 29 heavy (non-hydrogen) atoms. The molecule has 8 heteroatoms. The van der Waals surface area contributed by atoms with E-state index in [9.17, 15) is 4.39 Å². The molecule has 0 spiro atoms. The molecular weight excluding hydrogens is 369 g/mol. The van der Waals surface area contributed by atoms with Crippen molar-refractivity contribution in [2.24, 2.45) is 0 Å². The molecule has 2 N–H and O–H groups in total. The Hall–Kier alpha value is -4.12. The van der Waals surface area contributed by atoms with Gasteiger partial charge < -0.3 is 5.32 Å². The van der Waals surface area contributed by atoms with Crippen LogP contribution in [0.5, 0.6) is 0 Å². The number of aromatic nitrogens is 5. The number of hydrogen-bond donors (Lipinski definition) is 2. The van der Waals surface area contributed by atoms with Gasteiger partial charge in [0.2, 0.25) is 5.95 Å². The largest absolute Gasteiger partial charge is 0.347 e. The van der Waals surface area contributed by atoms with E-state index >= 15 is 0 Å². The lowest BCUT2D eigenvalue weighted by Gasteiger charge is -2.07. The lowest BCUT2D eigenvalue weighted by atomic mass is 10.0. The van der Waals surface area contributed by atoms with Gasteiger partial charge in [-0.1, -0.05) is 18.2 Å². The molecule has 0 aliphatic carbocycles. The van der Waals surface area contributed by atoms with Gasteiger partial charge in [0.05, 0.1) is 41.5 Å². The van der Waals surface area contributed by atoms with Gasteiger partial charge in [-0.2, -0.15) is 15.5 Å². The van der Waals surface area contributed by atoms with Gasteiger partial charge in [-0.3, -0.25) is 5.10 Å². The first-order valence-electron chi connectivity index (χ1n) is 8.87. The van der Waals surface area contributed by atoms with Crippen molar-refractivity contribution in [1.29, 1.82) is 5.26 Å². The summed E-state index contributed by atoms with van der Waals surface area (Å²) >= 11 is 0. The highest BCUT2D eigenvalue weighted by Crippen LogP contribution is 2.23. The van der Waals surface area contributed by atoms with Gasteiger partial charge in [-0.05, 0) is 42.8 Å². The fourth-order valence-corrected chi connectivity index (χ4v) is 2.95. The van der Waals surface area contributed by atoms with E-state index in [1.165, 1.54) is 12.1 Å². The molecule has 0 aliphatic heterocycles. The second kappa shape index (κ2) is 7.86. The van der Waals surface area contributed by atoms with Crippen LogP contribution < -0.4 is 5.32 Å². The molecule has 0 saturated carbocycles. The topological polar surface area (TPSA) is 103 Å². The average molecular weight is 385 g/mol. The third kappa shape index (κ3) is 4.09. The van der Waals surface area contributed by atoms with E-state index in [0.29, 0.717) is 35.0 Å². The van der Waals surface area contributed by atoms with Crippen molar-refractivity contribution in [2.45, 2.75) is 13.5 Å². The highest BCUT2D eigenvalue weighted by molar-refractivity contribution is 5.64. The summed E-state index contributed by atoms with van der Waals surface area (Å²) in [6.07, 6.45) is 1.58. The number of aryl methyl sites for hydroxylation is 1. The third-order valence-electron chi connectivity index (χ3n) is 4.38. The Morgan fingerprint density at radius 2 is 2.03 bits per heavy atom. The van der Waals surface area contributed by atoms with Crippen LogP contribution >= 0.6 is 0 Å². The van der Waals surface area contributed by atoms with E-state index in [-0.39, 0.29) is 5.82 Å². The predicted octanol–water partition coefficient (Wildman–Crippen LogP) is 3.86. The predicted molar refractivity (Wildman–Crippen MR) is 106 cm³/mol. The number of halogens is 1.